The number of rotatable bonds is 6. The van der Waals surface area contributed by atoms with Gasteiger partial charge in [0, 0.05) is 57.4 Å². The Labute approximate surface area is 191 Å². The minimum Gasteiger partial charge on any atom is -0.371 e. The molecule has 0 bridgehead atoms. The second-order valence-electron chi connectivity index (χ2n) is 8.93. The summed E-state index contributed by atoms with van der Waals surface area (Å²) in [5.74, 6) is 0.253. The Bertz CT molecular complexity index is 901. The molecule has 2 aromatic carbocycles. The van der Waals surface area contributed by atoms with Crippen molar-refractivity contribution in [2.45, 2.75) is 31.7 Å². The number of benzene rings is 2. The van der Waals surface area contributed by atoms with E-state index < -0.39 is 0 Å². The van der Waals surface area contributed by atoms with Crippen LogP contribution >= 0.6 is 0 Å². The molecule has 170 valence electrons. The summed E-state index contributed by atoms with van der Waals surface area (Å²) in [6.45, 7) is 5.08. The molecule has 6 nitrogen and oxygen atoms in total. The first-order valence-electron chi connectivity index (χ1n) is 11.8. The van der Waals surface area contributed by atoms with Crippen LogP contribution in [-0.2, 0) is 11.2 Å². The fourth-order valence-corrected chi connectivity index (χ4v) is 4.58. The Morgan fingerprint density at radius 1 is 0.875 bits per heavy atom. The maximum absolute atomic E-state index is 13.2. The van der Waals surface area contributed by atoms with Gasteiger partial charge in [-0.2, -0.15) is 0 Å². The summed E-state index contributed by atoms with van der Waals surface area (Å²) in [4.78, 5) is 32.1. The van der Waals surface area contributed by atoms with Crippen LogP contribution in [0.1, 0.15) is 35.2 Å². The van der Waals surface area contributed by atoms with E-state index in [1.165, 1.54) is 5.56 Å². The molecule has 32 heavy (non-hydrogen) atoms. The van der Waals surface area contributed by atoms with Gasteiger partial charge in [0.2, 0.25) is 5.91 Å². The van der Waals surface area contributed by atoms with Gasteiger partial charge in [-0.1, -0.05) is 42.5 Å². The lowest BCUT2D eigenvalue weighted by atomic mass is 10.0. The van der Waals surface area contributed by atoms with Crippen molar-refractivity contribution < 1.29 is 9.59 Å². The molecule has 0 atom stereocenters. The average molecular weight is 435 g/mol. The summed E-state index contributed by atoms with van der Waals surface area (Å²) in [5.41, 5.74) is 3.01. The summed E-state index contributed by atoms with van der Waals surface area (Å²) in [5, 5.41) is 3.21. The van der Waals surface area contributed by atoms with Gasteiger partial charge in [0.25, 0.3) is 5.91 Å². The number of para-hydroxylation sites is 1. The van der Waals surface area contributed by atoms with E-state index in [1.807, 2.05) is 41.3 Å². The van der Waals surface area contributed by atoms with Gasteiger partial charge in [0.05, 0.1) is 5.56 Å². The van der Waals surface area contributed by atoms with Crippen LogP contribution < -0.4 is 10.2 Å². The summed E-state index contributed by atoms with van der Waals surface area (Å²) in [6.07, 6.45) is 3.09. The van der Waals surface area contributed by atoms with Crippen LogP contribution in [0, 0.1) is 0 Å². The highest BCUT2D eigenvalue weighted by molar-refractivity contribution is 6.00. The van der Waals surface area contributed by atoms with Gasteiger partial charge in [-0.25, -0.2) is 0 Å². The number of piperazine rings is 1. The summed E-state index contributed by atoms with van der Waals surface area (Å²) < 4.78 is 0. The van der Waals surface area contributed by atoms with E-state index in [0.29, 0.717) is 6.42 Å². The number of carbonyl (C=O) groups excluding carboxylic acids is 2. The van der Waals surface area contributed by atoms with Gasteiger partial charge in [-0.3, -0.25) is 9.59 Å². The van der Waals surface area contributed by atoms with Crippen molar-refractivity contribution >= 4 is 17.5 Å². The first-order chi connectivity index (χ1) is 15.6. The zero-order valence-corrected chi connectivity index (χ0v) is 19.0. The van der Waals surface area contributed by atoms with Gasteiger partial charge >= 0.3 is 0 Å². The summed E-state index contributed by atoms with van der Waals surface area (Å²) >= 11 is 0. The monoisotopic (exact) mass is 434 g/mol. The highest BCUT2D eigenvalue weighted by atomic mass is 16.2. The number of aryl methyl sites for hydroxylation is 1. The van der Waals surface area contributed by atoms with Crippen LogP contribution in [0.5, 0.6) is 0 Å². The zero-order chi connectivity index (χ0) is 22.3. The zero-order valence-electron chi connectivity index (χ0n) is 19.0. The number of likely N-dealkylation sites (N-methyl/N-ethyl adjacent to an activating group) is 1. The first kappa shape index (κ1) is 22.3. The predicted molar refractivity (Wildman–Crippen MR) is 128 cm³/mol. The number of nitrogens with one attached hydrogen (secondary N) is 1. The number of carbonyl (C=O) groups is 2. The van der Waals surface area contributed by atoms with Crippen LogP contribution in [0.25, 0.3) is 0 Å². The van der Waals surface area contributed by atoms with Gasteiger partial charge in [-0.15, -0.1) is 0 Å². The minimum atomic E-state index is 0.123. The van der Waals surface area contributed by atoms with E-state index in [-0.39, 0.29) is 17.9 Å². The van der Waals surface area contributed by atoms with Crippen LogP contribution in [0.15, 0.2) is 54.6 Å². The number of hydrogen-bond donors (Lipinski definition) is 1. The van der Waals surface area contributed by atoms with E-state index >= 15 is 0 Å². The molecular formula is C26H34N4O2. The third-order valence-corrected chi connectivity index (χ3v) is 6.61. The molecule has 4 rings (SSSR count). The van der Waals surface area contributed by atoms with Crippen LogP contribution in [0.2, 0.25) is 0 Å². The largest absolute Gasteiger partial charge is 0.371 e. The fourth-order valence-electron chi connectivity index (χ4n) is 4.58. The minimum absolute atomic E-state index is 0.123. The number of anilines is 1. The molecule has 2 amide bonds. The van der Waals surface area contributed by atoms with Gasteiger partial charge in [0.1, 0.15) is 0 Å². The standard InChI is InChI=1S/C26H34N4O2/c1-28-17-19-30(20-18-28)26(32)23-9-5-6-10-24(23)29-15-13-22(14-16-29)27-25(31)12-11-21-7-3-2-4-8-21/h2-10,22H,11-20H2,1H3,(H,27,31). The van der Waals surface area contributed by atoms with Crippen LogP contribution in [0.4, 0.5) is 5.69 Å². The molecule has 2 aliphatic rings. The molecule has 0 radical (unpaired) electrons. The van der Waals surface area contributed by atoms with Crippen molar-refractivity contribution in [1.82, 2.24) is 15.1 Å². The van der Waals surface area contributed by atoms with Crippen molar-refractivity contribution in [2.24, 2.45) is 0 Å². The van der Waals surface area contributed by atoms with Crippen molar-refractivity contribution in [3.63, 3.8) is 0 Å². The second-order valence-corrected chi connectivity index (χ2v) is 8.93. The molecule has 0 aromatic heterocycles. The Morgan fingerprint density at radius 2 is 1.53 bits per heavy atom. The second kappa shape index (κ2) is 10.6. The normalized spacial score (nSPS) is 17.9. The topological polar surface area (TPSA) is 55.9 Å². The van der Waals surface area contributed by atoms with E-state index in [2.05, 4.69) is 40.4 Å². The molecule has 2 fully saturated rings. The lowest BCUT2D eigenvalue weighted by Crippen LogP contribution is -2.48. The van der Waals surface area contributed by atoms with Crippen LogP contribution in [-0.4, -0.2) is 74.0 Å². The van der Waals surface area contributed by atoms with E-state index in [1.54, 1.807) is 0 Å². The molecule has 6 heteroatoms. The molecule has 2 saturated heterocycles. The lowest BCUT2D eigenvalue weighted by Gasteiger charge is -2.36. The first-order valence-corrected chi connectivity index (χ1v) is 11.8. The molecule has 0 spiro atoms. The van der Waals surface area contributed by atoms with Gasteiger partial charge < -0.3 is 20.0 Å². The quantitative estimate of drug-likeness (QED) is 0.760. The maximum atomic E-state index is 13.2. The van der Waals surface area contributed by atoms with Crippen molar-refractivity contribution in [3.05, 3.63) is 65.7 Å². The van der Waals surface area contributed by atoms with E-state index in [9.17, 15) is 9.59 Å². The number of nitrogens with zero attached hydrogens (tertiary/aromatic N) is 3. The van der Waals surface area contributed by atoms with Crippen molar-refractivity contribution in [2.75, 3.05) is 51.2 Å². The lowest BCUT2D eigenvalue weighted by molar-refractivity contribution is -0.121. The highest BCUT2D eigenvalue weighted by Crippen LogP contribution is 2.26. The summed E-state index contributed by atoms with van der Waals surface area (Å²) in [6, 6.07) is 18.3. The summed E-state index contributed by atoms with van der Waals surface area (Å²) in [7, 11) is 2.10. The molecule has 0 saturated carbocycles. The Morgan fingerprint density at radius 3 is 2.25 bits per heavy atom. The molecule has 1 N–H and O–H groups in total. The molecular weight excluding hydrogens is 400 g/mol. The molecule has 0 aliphatic carbocycles. The van der Waals surface area contributed by atoms with E-state index in [0.717, 1.165) is 69.8 Å². The molecule has 2 heterocycles. The third kappa shape index (κ3) is 5.68. The number of piperidine rings is 1. The fraction of sp³-hybridized carbons (Fsp3) is 0.462. The van der Waals surface area contributed by atoms with E-state index in [4.69, 9.17) is 0 Å². The number of amides is 2. The van der Waals surface area contributed by atoms with Crippen LogP contribution in [0.3, 0.4) is 0 Å². The molecule has 2 aliphatic heterocycles. The maximum Gasteiger partial charge on any atom is 0.256 e. The smallest absolute Gasteiger partial charge is 0.256 e. The average Bonchev–Trinajstić information content (AvgIpc) is 2.84. The van der Waals surface area contributed by atoms with Crippen molar-refractivity contribution in [1.29, 1.82) is 0 Å². The van der Waals surface area contributed by atoms with Gasteiger partial charge in [0.15, 0.2) is 0 Å². The Hall–Kier alpha value is -2.86. The number of hydrogen-bond acceptors (Lipinski definition) is 4. The predicted octanol–water partition coefficient (Wildman–Crippen LogP) is 2.79. The third-order valence-electron chi connectivity index (χ3n) is 6.61. The SMILES string of the molecule is CN1CCN(C(=O)c2ccccc2N2CCC(NC(=O)CCc3ccccc3)CC2)CC1. The van der Waals surface area contributed by atoms with Gasteiger partial charge in [-0.05, 0) is 44.0 Å². The van der Waals surface area contributed by atoms with Crippen molar-refractivity contribution in [3.8, 4) is 0 Å². The Kier molecular flexibility index (Phi) is 7.43. The molecule has 0 unspecified atom stereocenters. The molecule has 2 aromatic rings. The highest BCUT2D eigenvalue weighted by Gasteiger charge is 2.26. The Balaban J connectivity index is 1.29.